The van der Waals surface area contributed by atoms with Gasteiger partial charge in [0.05, 0.1) is 0 Å². The molecule has 2 unspecified atom stereocenters. The van der Waals surface area contributed by atoms with Gasteiger partial charge < -0.3 is 0 Å². The molecule has 18 heavy (non-hydrogen) atoms. The van der Waals surface area contributed by atoms with Crippen molar-refractivity contribution in [2.24, 2.45) is 11.8 Å². The van der Waals surface area contributed by atoms with Crippen molar-refractivity contribution < 1.29 is 4.79 Å². The number of rotatable bonds is 4. The summed E-state index contributed by atoms with van der Waals surface area (Å²) in [5.74, 6) is 1.24. The minimum atomic E-state index is 0.261. The summed E-state index contributed by atoms with van der Waals surface area (Å²) >= 11 is 1.68. The molecule has 0 spiro atoms. The minimum absolute atomic E-state index is 0.261. The molecular formula is C16H22OS. The van der Waals surface area contributed by atoms with Crippen LogP contribution < -0.4 is 0 Å². The number of hydrogen-bond acceptors (Lipinski definition) is 2. The smallest absolute Gasteiger partial charge is 0.167 e. The molecule has 2 atom stereocenters. The molecule has 1 aliphatic carbocycles. The van der Waals surface area contributed by atoms with E-state index < -0.39 is 0 Å². The van der Waals surface area contributed by atoms with Gasteiger partial charge in [-0.15, -0.1) is 11.8 Å². The van der Waals surface area contributed by atoms with Crippen LogP contribution in [0.5, 0.6) is 0 Å². The summed E-state index contributed by atoms with van der Waals surface area (Å²) in [7, 11) is 0. The quantitative estimate of drug-likeness (QED) is 0.572. The summed E-state index contributed by atoms with van der Waals surface area (Å²) in [4.78, 5) is 13.9. The first-order valence-electron chi connectivity index (χ1n) is 6.95. The van der Waals surface area contributed by atoms with Crippen molar-refractivity contribution in [1.82, 2.24) is 0 Å². The highest BCUT2D eigenvalue weighted by atomic mass is 32.2. The predicted molar refractivity (Wildman–Crippen MR) is 78.3 cm³/mol. The molecule has 1 aliphatic rings. The maximum absolute atomic E-state index is 12.7. The molecule has 1 aromatic carbocycles. The van der Waals surface area contributed by atoms with Crippen molar-refractivity contribution >= 4 is 17.5 Å². The van der Waals surface area contributed by atoms with Crippen LogP contribution in [0.3, 0.4) is 0 Å². The molecule has 2 rings (SSSR count). The second-order valence-corrected chi connectivity index (χ2v) is 5.97. The predicted octanol–water partition coefficient (Wildman–Crippen LogP) is 4.81. The van der Waals surface area contributed by atoms with E-state index in [2.05, 4.69) is 13.0 Å². The summed E-state index contributed by atoms with van der Waals surface area (Å²) in [6.45, 7) is 2.22. The zero-order chi connectivity index (χ0) is 13.0. The number of thioether (sulfide) groups is 1. The number of carbonyl (C=O) groups excluding carboxylic acids is 1. The molecule has 0 bridgehead atoms. The van der Waals surface area contributed by atoms with Crippen LogP contribution in [0, 0.1) is 11.8 Å². The van der Waals surface area contributed by atoms with E-state index in [9.17, 15) is 4.79 Å². The Morgan fingerprint density at radius 3 is 2.72 bits per heavy atom. The van der Waals surface area contributed by atoms with Gasteiger partial charge in [-0.05, 0) is 31.1 Å². The lowest BCUT2D eigenvalue weighted by atomic mass is 9.74. The Kier molecular flexibility index (Phi) is 4.87. The topological polar surface area (TPSA) is 17.1 Å². The van der Waals surface area contributed by atoms with Gasteiger partial charge in [-0.3, -0.25) is 4.79 Å². The Morgan fingerprint density at radius 2 is 2.00 bits per heavy atom. The van der Waals surface area contributed by atoms with E-state index >= 15 is 0 Å². The lowest BCUT2D eigenvalue weighted by Crippen LogP contribution is -2.27. The molecule has 1 saturated carbocycles. The van der Waals surface area contributed by atoms with Gasteiger partial charge in [0.1, 0.15) is 0 Å². The Balaban J connectivity index is 2.24. The third-order valence-electron chi connectivity index (χ3n) is 4.14. The van der Waals surface area contributed by atoms with Crippen molar-refractivity contribution in [1.29, 1.82) is 0 Å². The average molecular weight is 262 g/mol. The van der Waals surface area contributed by atoms with Crippen LogP contribution in [0.25, 0.3) is 0 Å². The van der Waals surface area contributed by atoms with Crippen LogP contribution in [0.2, 0.25) is 0 Å². The molecule has 0 radical (unpaired) electrons. The third kappa shape index (κ3) is 2.80. The van der Waals surface area contributed by atoms with Crippen molar-refractivity contribution in [3.05, 3.63) is 29.8 Å². The van der Waals surface area contributed by atoms with Crippen molar-refractivity contribution in [3.63, 3.8) is 0 Å². The second kappa shape index (κ2) is 6.42. The number of benzene rings is 1. The van der Waals surface area contributed by atoms with E-state index in [4.69, 9.17) is 0 Å². The van der Waals surface area contributed by atoms with E-state index in [0.717, 1.165) is 23.3 Å². The maximum Gasteiger partial charge on any atom is 0.167 e. The number of carbonyl (C=O) groups is 1. The molecular weight excluding hydrogens is 240 g/mol. The molecule has 1 fully saturated rings. The summed E-state index contributed by atoms with van der Waals surface area (Å²) in [5, 5.41) is 0. The van der Waals surface area contributed by atoms with Gasteiger partial charge in [0.25, 0.3) is 0 Å². The summed E-state index contributed by atoms with van der Waals surface area (Å²) < 4.78 is 0. The van der Waals surface area contributed by atoms with Gasteiger partial charge >= 0.3 is 0 Å². The number of Topliss-reactive ketones (excluding diaryl/α,β-unsaturated/α-hetero) is 1. The average Bonchev–Trinajstić information content (AvgIpc) is 2.46. The molecule has 0 N–H and O–H groups in total. The summed E-state index contributed by atoms with van der Waals surface area (Å²) in [6.07, 6.45) is 8.01. The summed E-state index contributed by atoms with van der Waals surface area (Å²) in [6, 6.07) is 8.05. The van der Waals surface area contributed by atoms with E-state index in [1.165, 1.54) is 19.3 Å². The van der Waals surface area contributed by atoms with Gasteiger partial charge in [-0.2, -0.15) is 0 Å². The van der Waals surface area contributed by atoms with Gasteiger partial charge in [0.15, 0.2) is 5.78 Å². The molecule has 1 aromatic rings. The first-order chi connectivity index (χ1) is 8.77. The largest absolute Gasteiger partial charge is 0.294 e. The first-order valence-corrected chi connectivity index (χ1v) is 8.17. The number of ketones is 1. The van der Waals surface area contributed by atoms with Gasteiger partial charge in [-0.25, -0.2) is 0 Å². The fraction of sp³-hybridized carbons (Fsp3) is 0.562. The highest BCUT2D eigenvalue weighted by Crippen LogP contribution is 2.36. The molecule has 98 valence electrons. The Hall–Kier alpha value is -0.760. The van der Waals surface area contributed by atoms with Crippen molar-refractivity contribution in [2.45, 2.75) is 43.9 Å². The number of hydrogen-bond donors (Lipinski definition) is 0. The Bertz CT molecular complexity index is 413. The molecule has 2 heteroatoms. The van der Waals surface area contributed by atoms with Crippen LogP contribution >= 0.6 is 11.8 Å². The van der Waals surface area contributed by atoms with Crippen LogP contribution in [-0.2, 0) is 0 Å². The molecule has 0 heterocycles. The monoisotopic (exact) mass is 262 g/mol. The Morgan fingerprint density at radius 1 is 1.28 bits per heavy atom. The zero-order valence-corrected chi connectivity index (χ0v) is 12.1. The van der Waals surface area contributed by atoms with Gasteiger partial charge in [-0.1, -0.05) is 44.4 Å². The molecule has 0 aliphatic heterocycles. The van der Waals surface area contributed by atoms with E-state index in [0.29, 0.717) is 11.7 Å². The van der Waals surface area contributed by atoms with Crippen molar-refractivity contribution in [3.8, 4) is 0 Å². The summed E-state index contributed by atoms with van der Waals surface area (Å²) in [5.41, 5.74) is 0.940. The Labute approximate surface area is 114 Å². The third-order valence-corrected chi connectivity index (χ3v) is 4.94. The first kappa shape index (κ1) is 13.7. The lowest BCUT2D eigenvalue weighted by molar-refractivity contribution is 0.0817. The van der Waals surface area contributed by atoms with Crippen molar-refractivity contribution in [2.75, 3.05) is 6.26 Å². The highest BCUT2D eigenvalue weighted by Gasteiger charge is 2.30. The fourth-order valence-corrected chi connectivity index (χ4v) is 3.69. The fourth-order valence-electron chi connectivity index (χ4n) is 3.09. The molecule has 0 aromatic heterocycles. The van der Waals surface area contributed by atoms with Gasteiger partial charge in [0, 0.05) is 16.4 Å². The van der Waals surface area contributed by atoms with E-state index in [-0.39, 0.29) is 5.92 Å². The standard InChI is InChI=1S/C16H22OS/c1-3-12-8-4-5-9-13(12)16(17)14-10-6-7-11-15(14)18-2/h6-7,10-13H,3-5,8-9H2,1-2H3. The molecule has 0 amide bonds. The molecule has 0 saturated heterocycles. The zero-order valence-electron chi connectivity index (χ0n) is 11.3. The highest BCUT2D eigenvalue weighted by molar-refractivity contribution is 7.98. The lowest BCUT2D eigenvalue weighted by Gasteiger charge is -2.30. The van der Waals surface area contributed by atoms with Crippen LogP contribution in [0.1, 0.15) is 49.4 Å². The SMILES string of the molecule is CCC1CCCCC1C(=O)c1ccccc1SC. The van der Waals surface area contributed by atoms with Gasteiger partial charge in [0.2, 0.25) is 0 Å². The molecule has 1 nitrogen and oxygen atoms in total. The van der Waals surface area contributed by atoms with Crippen LogP contribution in [-0.4, -0.2) is 12.0 Å². The normalized spacial score (nSPS) is 23.9. The minimum Gasteiger partial charge on any atom is -0.294 e. The second-order valence-electron chi connectivity index (χ2n) is 5.12. The van der Waals surface area contributed by atoms with E-state index in [1.807, 2.05) is 24.5 Å². The van der Waals surface area contributed by atoms with E-state index in [1.54, 1.807) is 11.8 Å². The maximum atomic E-state index is 12.7. The van der Waals surface area contributed by atoms with Crippen LogP contribution in [0.4, 0.5) is 0 Å². The van der Waals surface area contributed by atoms with Crippen LogP contribution in [0.15, 0.2) is 29.2 Å².